The van der Waals surface area contributed by atoms with E-state index in [0.717, 1.165) is 11.3 Å². The van der Waals surface area contributed by atoms with Gasteiger partial charge in [0.2, 0.25) is 11.8 Å². The van der Waals surface area contributed by atoms with E-state index in [2.05, 4.69) is 34.9 Å². The molecule has 0 heterocycles. The molecule has 0 spiro atoms. The molecule has 0 bridgehead atoms. The van der Waals surface area contributed by atoms with Gasteiger partial charge in [0.1, 0.15) is 0 Å². The Balaban J connectivity index is 1.59. The molecule has 3 rings (SSSR count). The predicted molar refractivity (Wildman–Crippen MR) is 129 cm³/mol. The van der Waals surface area contributed by atoms with Crippen molar-refractivity contribution in [2.24, 2.45) is 0 Å². The Labute approximate surface area is 188 Å². The van der Waals surface area contributed by atoms with Crippen LogP contribution in [-0.4, -0.2) is 17.6 Å². The summed E-state index contributed by atoms with van der Waals surface area (Å²) >= 11 is 1.63. The molecular formula is C26H28N2O2S. The van der Waals surface area contributed by atoms with Crippen LogP contribution in [0.15, 0.2) is 84.9 Å². The van der Waals surface area contributed by atoms with Gasteiger partial charge in [0.05, 0.1) is 17.0 Å². The summed E-state index contributed by atoms with van der Waals surface area (Å²) in [6.07, 6.45) is 0.443. The summed E-state index contributed by atoms with van der Waals surface area (Å²) in [5.41, 5.74) is 4.13. The Morgan fingerprint density at radius 1 is 0.774 bits per heavy atom. The molecule has 0 aliphatic carbocycles. The minimum atomic E-state index is -0.115. The van der Waals surface area contributed by atoms with Crippen molar-refractivity contribution < 1.29 is 9.59 Å². The number of amides is 2. The summed E-state index contributed by atoms with van der Waals surface area (Å²) < 4.78 is 0. The van der Waals surface area contributed by atoms with E-state index < -0.39 is 0 Å². The number of hydrogen-bond acceptors (Lipinski definition) is 3. The molecule has 0 saturated heterocycles. The topological polar surface area (TPSA) is 58.2 Å². The molecule has 1 atom stereocenters. The molecule has 0 radical (unpaired) electrons. The lowest BCUT2D eigenvalue weighted by atomic mass is 10.0. The van der Waals surface area contributed by atoms with Gasteiger partial charge < -0.3 is 10.6 Å². The molecule has 0 aromatic heterocycles. The van der Waals surface area contributed by atoms with E-state index in [9.17, 15) is 9.59 Å². The fraction of sp³-hybridized carbons (Fsp3) is 0.231. The Hall–Kier alpha value is -3.05. The van der Waals surface area contributed by atoms with Crippen molar-refractivity contribution in [3.63, 3.8) is 0 Å². The third-order valence-corrected chi connectivity index (χ3v) is 6.29. The summed E-state index contributed by atoms with van der Waals surface area (Å²) in [5, 5.41) is 6.01. The molecule has 0 fully saturated rings. The molecule has 3 aromatic rings. The van der Waals surface area contributed by atoms with Crippen LogP contribution in [0.5, 0.6) is 0 Å². The van der Waals surface area contributed by atoms with E-state index in [1.165, 1.54) is 11.1 Å². The van der Waals surface area contributed by atoms with Crippen LogP contribution in [0.3, 0.4) is 0 Å². The van der Waals surface area contributed by atoms with E-state index in [0.29, 0.717) is 12.2 Å². The Morgan fingerprint density at radius 2 is 1.32 bits per heavy atom. The zero-order valence-electron chi connectivity index (χ0n) is 17.9. The molecule has 3 aromatic carbocycles. The second-order valence-electron chi connectivity index (χ2n) is 7.33. The van der Waals surface area contributed by atoms with Gasteiger partial charge >= 0.3 is 0 Å². The van der Waals surface area contributed by atoms with Gasteiger partial charge in [-0.25, -0.2) is 0 Å². The molecule has 0 saturated carbocycles. The zero-order valence-corrected chi connectivity index (χ0v) is 18.7. The van der Waals surface area contributed by atoms with E-state index in [1.807, 2.05) is 74.5 Å². The van der Waals surface area contributed by atoms with Crippen LogP contribution in [0.2, 0.25) is 0 Å². The second kappa shape index (κ2) is 11.4. The van der Waals surface area contributed by atoms with E-state index in [4.69, 9.17) is 0 Å². The second-order valence-corrected chi connectivity index (χ2v) is 8.42. The van der Waals surface area contributed by atoms with Crippen molar-refractivity contribution in [2.45, 2.75) is 31.6 Å². The SMILES string of the molecule is CCC(=O)Nc1ccc(C(C)NC(=O)CSC(c2ccccc2)c2ccccc2)cc1. The summed E-state index contributed by atoms with van der Waals surface area (Å²) in [6.45, 7) is 3.79. The molecule has 5 heteroatoms. The number of nitrogens with one attached hydrogen (secondary N) is 2. The number of hydrogen-bond donors (Lipinski definition) is 2. The third kappa shape index (κ3) is 6.72. The zero-order chi connectivity index (χ0) is 22.1. The average Bonchev–Trinajstić information content (AvgIpc) is 2.81. The predicted octanol–water partition coefficient (Wildman–Crippen LogP) is 5.74. The van der Waals surface area contributed by atoms with Gasteiger partial charge in [0.25, 0.3) is 0 Å². The molecule has 1 unspecified atom stereocenters. The summed E-state index contributed by atoms with van der Waals surface area (Å²) in [6, 6.07) is 28.0. The number of carbonyl (C=O) groups is 2. The number of anilines is 1. The minimum absolute atomic E-state index is 0.00211. The minimum Gasteiger partial charge on any atom is -0.349 e. The van der Waals surface area contributed by atoms with Crippen LogP contribution in [0.4, 0.5) is 5.69 Å². The standard InChI is InChI=1S/C26H28N2O2S/c1-3-24(29)28-23-16-14-20(15-17-23)19(2)27-25(30)18-31-26(21-10-6-4-7-11-21)22-12-8-5-9-13-22/h4-17,19,26H,3,18H2,1-2H3,(H,27,30)(H,28,29). The van der Waals surface area contributed by atoms with E-state index in [-0.39, 0.29) is 23.1 Å². The lowest BCUT2D eigenvalue weighted by Crippen LogP contribution is -2.28. The number of rotatable bonds is 9. The highest BCUT2D eigenvalue weighted by atomic mass is 32.2. The van der Waals surface area contributed by atoms with Crippen molar-refractivity contribution in [1.29, 1.82) is 0 Å². The maximum absolute atomic E-state index is 12.7. The average molecular weight is 433 g/mol. The Bertz CT molecular complexity index is 936. The third-order valence-electron chi connectivity index (χ3n) is 4.98. The Kier molecular flexibility index (Phi) is 8.30. The van der Waals surface area contributed by atoms with Crippen LogP contribution >= 0.6 is 11.8 Å². The quantitative estimate of drug-likeness (QED) is 0.454. The van der Waals surface area contributed by atoms with Crippen LogP contribution < -0.4 is 10.6 Å². The van der Waals surface area contributed by atoms with Gasteiger partial charge in [0, 0.05) is 12.1 Å². The molecule has 31 heavy (non-hydrogen) atoms. The van der Waals surface area contributed by atoms with Crippen molar-refractivity contribution in [3.8, 4) is 0 Å². The molecular weight excluding hydrogens is 404 g/mol. The van der Waals surface area contributed by atoms with E-state index in [1.54, 1.807) is 11.8 Å². The van der Waals surface area contributed by atoms with Crippen molar-refractivity contribution >= 4 is 29.3 Å². The number of thioether (sulfide) groups is 1. The van der Waals surface area contributed by atoms with Crippen molar-refractivity contribution in [3.05, 3.63) is 102 Å². The largest absolute Gasteiger partial charge is 0.349 e. The number of benzene rings is 3. The van der Waals surface area contributed by atoms with Crippen LogP contribution in [0, 0.1) is 0 Å². The molecule has 2 amide bonds. The summed E-state index contributed by atoms with van der Waals surface area (Å²) in [7, 11) is 0. The van der Waals surface area contributed by atoms with Crippen molar-refractivity contribution in [2.75, 3.05) is 11.1 Å². The van der Waals surface area contributed by atoms with Crippen LogP contribution in [-0.2, 0) is 9.59 Å². The van der Waals surface area contributed by atoms with Gasteiger partial charge in [-0.05, 0) is 35.7 Å². The van der Waals surface area contributed by atoms with Gasteiger partial charge in [-0.2, -0.15) is 0 Å². The smallest absolute Gasteiger partial charge is 0.230 e. The van der Waals surface area contributed by atoms with Crippen LogP contribution in [0.1, 0.15) is 48.3 Å². The van der Waals surface area contributed by atoms with Gasteiger partial charge in [-0.15, -0.1) is 11.8 Å². The first-order valence-corrected chi connectivity index (χ1v) is 11.5. The van der Waals surface area contributed by atoms with E-state index >= 15 is 0 Å². The molecule has 160 valence electrons. The van der Waals surface area contributed by atoms with Crippen molar-refractivity contribution in [1.82, 2.24) is 5.32 Å². The fourth-order valence-electron chi connectivity index (χ4n) is 3.27. The first-order valence-electron chi connectivity index (χ1n) is 10.5. The fourth-order valence-corrected chi connectivity index (χ4v) is 4.37. The maximum atomic E-state index is 12.7. The maximum Gasteiger partial charge on any atom is 0.230 e. The lowest BCUT2D eigenvalue weighted by molar-refractivity contribution is -0.119. The first-order chi connectivity index (χ1) is 15.1. The van der Waals surface area contributed by atoms with Gasteiger partial charge in [-0.3, -0.25) is 9.59 Å². The molecule has 0 aliphatic rings. The first kappa shape index (κ1) is 22.6. The van der Waals surface area contributed by atoms with Crippen LogP contribution in [0.25, 0.3) is 0 Å². The summed E-state index contributed by atoms with van der Waals surface area (Å²) in [4.78, 5) is 24.2. The highest BCUT2D eigenvalue weighted by Crippen LogP contribution is 2.35. The number of carbonyl (C=O) groups excluding carboxylic acids is 2. The van der Waals surface area contributed by atoms with Gasteiger partial charge in [-0.1, -0.05) is 79.7 Å². The lowest BCUT2D eigenvalue weighted by Gasteiger charge is -2.19. The normalized spacial score (nSPS) is 11.7. The molecule has 0 aliphatic heterocycles. The Morgan fingerprint density at radius 3 is 1.84 bits per heavy atom. The molecule has 2 N–H and O–H groups in total. The monoisotopic (exact) mass is 432 g/mol. The molecule has 4 nitrogen and oxygen atoms in total. The summed E-state index contributed by atoms with van der Waals surface area (Å²) in [5.74, 6) is 0.346. The van der Waals surface area contributed by atoms with Gasteiger partial charge in [0.15, 0.2) is 0 Å². The highest BCUT2D eigenvalue weighted by Gasteiger charge is 2.17. The highest BCUT2D eigenvalue weighted by molar-refractivity contribution is 8.00.